The van der Waals surface area contributed by atoms with Crippen LogP contribution in [0.3, 0.4) is 0 Å². The van der Waals surface area contributed by atoms with E-state index in [0.29, 0.717) is 4.64 Å². The molecule has 0 amide bonds. The van der Waals surface area contributed by atoms with Gasteiger partial charge in [-0.05, 0) is 19.4 Å². The van der Waals surface area contributed by atoms with E-state index in [4.69, 9.17) is 12.2 Å². The number of hydrogen-bond donors (Lipinski definition) is 1. The summed E-state index contributed by atoms with van der Waals surface area (Å²) in [6, 6.07) is 1.95. The quantitative estimate of drug-likeness (QED) is 0.712. The van der Waals surface area contributed by atoms with E-state index in [2.05, 4.69) is 4.98 Å². The molecular weight excluding hydrogens is 172 g/mol. The van der Waals surface area contributed by atoms with Crippen molar-refractivity contribution in [2.45, 2.75) is 26.3 Å². The Morgan fingerprint density at radius 1 is 1.75 bits per heavy atom. The largest absolute Gasteiger partial charge is 0.326 e. The maximum Gasteiger partial charge on any atom is 0.326 e. The lowest BCUT2D eigenvalue weighted by atomic mass is 10.2. The molecule has 12 heavy (non-hydrogen) atoms. The van der Waals surface area contributed by atoms with Gasteiger partial charge in [-0.3, -0.25) is 9.55 Å². The van der Waals surface area contributed by atoms with Crippen LogP contribution in [0.4, 0.5) is 0 Å². The zero-order valence-corrected chi connectivity index (χ0v) is 8.02. The molecule has 0 aromatic carbocycles. The first kappa shape index (κ1) is 9.19. The van der Waals surface area contributed by atoms with Gasteiger partial charge in [0.1, 0.15) is 4.64 Å². The number of aromatic amines is 1. The lowest BCUT2D eigenvalue weighted by molar-refractivity contribution is 0.503. The van der Waals surface area contributed by atoms with Crippen molar-refractivity contribution in [3.05, 3.63) is 27.4 Å². The molecule has 1 rings (SSSR count). The minimum Gasteiger partial charge on any atom is -0.298 e. The summed E-state index contributed by atoms with van der Waals surface area (Å²) in [5.41, 5.74) is -0.128. The molecule has 0 spiro atoms. The predicted molar refractivity (Wildman–Crippen MR) is 50.9 cm³/mol. The molecule has 0 bridgehead atoms. The van der Waals surface area contributed by atoms with E-state index in [1.165, 1.54) is 0 Å². The Balaban J connectivity index is 3.19. The average molecular weight is 184 g/mol. The summed E-state index contributed by atoms with van der Waals surface area (Å²) >= 11 is 4.81. The molecule has 0 aliphatic heterocycles. The van der Waals surface area contributed by atoms with Crippen LogP contribution in [0.5, 0.6) is 0 Å². The van der Waals surface area contributed by atoms with Gasteiger partial charge in [-0.15, -0.1) is 0 Å². The Morgan fingerprint density at radius 2 is 2.42 bits per heavy atom. The van der Waals surface area contributed by atoms with E-state index in [9.17, 15) is 4.79 Å². The molecule has 3 nitrogen and oxygen atoms in total. The predicted octanol–water partition coefficient (Wildman–Crippen LogP) is 1.88. The first-order valence-electron chi connectivity index (χ1n) is 3.96. The summed E-state index contributed by atoms with van der Waals surface area (Å²) in [6.07, 6.45) is 2.67. The first-order valence-corrected chi connectivity index (χ1v) is 4.37. The van der Waals surface area contributed by atoms with Gasteiger partial charge in [0.15, 0.2) is 0 Å². The van der Waals surface area contributed by atoms with E-state index in [0.717, 1.165) is 6.42 Å². The average Bonchev–Trinajstić information content (AvgIpc) is 2.03. The zero-order valence-electron chi connectivity index (χ0n) is 7.20. The van der Waals surface area contributed by atoms with Crippen molar-refractivity contribution in [1.29, 1.82) is 0 Å². The molecule has 0 saturated heterocycles. The highest BCUT2D eigenvalue weighted by Crippen LogP contribution is 2.04. The summed E-state index contributed by atoms with van der Waals surface area (Å²) in [7, 11) is 0. The van der Waals surface area contributed by atoms with Crippen molar-refractivity contribution in [3.63, 3.8) is 0 Å². The molecule has 0 saturated carbocycles. The molecule has 1 unspecified atom stereocenters. The van der Waals surface area contributed by atoms with Crippen LogP contribution in [0.25, 0.3) is 0 Å². The Hall–Kier alpha value is -0.900. The van der Waals surface area contributed by atoms with Crippen LogP contribution in [0.15, 0.2) is 17.1 Å². The molecule has 1 atom stereocenters. The van der Waals surface area contributed by atoms with Crippen molar-refractivity contribution in [1.82, 2.24) is 9.55 Å². The number of aromatic nitrogens is 2. The second kappa shape index (κ2) is 3.67. The van der Waals surface area contributed by atoms with Gasteiger partial charge in [0.25, 0.3) is 0 Å². The third kappa shape index (κ3) is 1.82. The molecule has 0 fully saturated rings. The van der Waals surface area contributed by atoms with Crippen molar-refractivity contribution >= 4 is 12.2 Å². The minimum atomic E-state index is -0.128. The second-order valence-electron chi connectivity index (χ2n) is 2.77. The SMILES string of the molecule is CCC(C)n1ccc(=S)[nH]c1=O. The number of H-pyrrole nitrogens is 1. The molecule has 0 aliphatic rings. The fourth-order valence-corrected chi connectivity index (χ4v) is 1.12. The first-order chi connectivity index (χ1) is 5.65. The lowest BCUT2D eigenvalue weighted by Gasteiger charge is -2.10. The van der Waals surface area contributed by atoms with E-state index in [1.807, 2.05) is 13.8 Å². The molecule has 1 aromatic rings. The maximum absolute atomic E-state index is 11.3. The number of hydrogen-bond acceptors (Lipinski definition) is 2. The van der Waals surface area contributed by atoms with E-state index in [-0.39, 0.29) is 11.7 Å². The van der Waals surface area contributed by atoms with Crippen LogP contribution in [-0.4, -0.2) is 9.55 Å². The van der Waals surface area contributed by atoms with Gasteiger partial charge in [0, 0.05) is 12.2 Å². The summed E-state index contributed by atoms with van der Waals surface area (Å²) < 4.78 is 2.13. The fourth-order valence-electron chi connectivity index (χ4n) is 0.971. The molecule has 0 aliphatic carbocycles. The maximum atomic E-state index is 11.3. The summed E-state index contributed by atoms with van der Waals surface area (Å²) in [4.78, 5) is 13.9. The van der Waals surface area contributed by atoms with Crippen molar-refractivity contribution in [2.75, 3.05) is 0 Å². The van der Waals surface area contributed by atoms with Gasteiger partial charge in [-0.2, -0.15) is 0 Å². The monoisotopic (exact) mass is 184 g/mol. The van der Waals surface area contributed by atoms with Gasteiger partial charge < -0.3 is 0 Å². The van der Waals surface area contributed by atoms with E-state index < -0.39 is 0 Å². The Labute approximate surface area is 76.1 Å². The van der Waals surface area contributed by atoms with Gasteiger partial charge >= 0.3 is 5.69 Å². The standard InChI is InChI=1S/C8H12N2OS/c1-3-6(2)10-5-4-7(12)9-8(10)11/h4-6H,3H2,1-2H3,(H,9,11,12). The fraction of sp³-hybridized carbons (Fsp3) is 0.500. The van der Waals surface area contributed by atoms with Crippen LogP contribution < -0.4 is 5.69 Å². The second-order valence-corrected chi connectivity index (χ2v) is 3.21. The minimum absolute atomic E-state index is 0.128. The van der Waals surface area contributed by atoms with Gasteiger partial charge in [-0.1, -0.05) is 19.1 Å². The van der Waals surface area contributed by atoms with Crippen LogP contribution in [-0.2, 0) is 0 Å². The Bertz CT molecular complexity index is 366. The Kier molecular flexibility index (Phi) is 2.81. The van der Waals surface area contributed by atoms with Crippen LogP contribution >= 0.6 is 12.2 Å². The third-order valence-corrected chi connectivity index (χ3v) is 2.15. The number of rotatable bonds is 2. The Morgan fingerprint density at radius 3 is 2.92 bits per heavy atom. The molecular formula is C8H12N2OS. The highest BCUT2D eigenvalue weighted by atomic mass is 32.1. The van der Waals surface area contributed by atoms with Crippen LogP contribution in [0.1, 0.15) is 26.3 Å². The summed E-state index contributed by atoms with van der Waals surface area (Å²) in [5.74, 6) is 0. The smallest absolute Gasteiger partial charge is 0.298 e. The van der Waals surface area contributed by atoms with Crippen molar-refractivity contribution < 1.29 is 0 Å². The van der Waals surface area contributed by atoms with Crippen LogP contribution in [0.2, 0.25) is 0 Å². The number of nitrogens with one attached hydrogen (secondary N) is 1. The molecule has 66 valence electrons. The summed E-state index contributed by atoms with van der Waals surface area (Å²) in [5, 5.41) is 0. The topological polar surface area (TPSA) is 37.8 Å². The molecule has 0 radical (unpaired) electrons. The van der Waals surface area contributed by atoms with Crippen LogP contribution in [0, 0.1) is 4.64 Å². The van der Waals surface area contributed by atoms with Gasteiger partial charge in [-0.25, -0.2) is 4.79 Å². The van der Waals surface area contributed by atoms with Gasteiger partial charge in [0.2, 0.25) is 0 Å². The zero-order chi connectivity index (χ0) is 9.14. The van der Waals surface area contributed by atoms with Crippen molar-refractivity contribution in [3.8, 4) is 0 Å². The number of nitrogens with zero attached hydrogens (tertiary/aromatic N) is 1. The van der Waals surface area contributed by atoms with Gasteiger partial charge in [0.05, 0.1) is 0 Å². The highest BCUT2D eigenvalue weighted by Gasteiger charge is 2.01. The molecule has 1 heterocycles. The van der Waals surface area contributed by atoms with E-state index >= 15 is 0 Å². The molecule has 4 heteroatoms. The van der Waals surface area contributed by atoms with E-state index in [1.54, 1.807) is 16.8 Å². The normalized spacial score (nSPS) is 12.8. The third-order valence-electron chi connectivity index (χ3n) is 1.92. The van der Waals surface area contributed by atoms with Crippen molar-refractivity contribution in [2.24, 2.45) is 0 Å². The summed E-state index contributed by atoms with van der Waals surface area (Å²) in [6.45, 7) is 4.04. The highest BCUT2D eigenvalue weighted by molar-refractivity contribution is 7.71. The molecule has 1 N–H and O–H groups in total. The molecule has 1 aromatic heterocycles. The lowest BCUT2D eigenvalue weighted by Crippen LogP contribution is -2.24.